The van der Waals surface area contributed by atoms with Crippen LogP contribution in [0.25, 0.3) is 5.69 Å². The number of ether oxygens (including phenoxy) is 1. The monoisotopic (exact) mass is 501 g/mol. The Hall–Kier alpha value is -4.33. The van der Waals surface area contributed by atoms with Gasteiger partial charge in [-0.1, -0.05) is 48.5 Å². The Labute approximate surface area is 216 Å². The van der Waals surface area contributed by atoms with Crippen LogP contribution >= 0.6 is 0 Å². The van der Waals surface area contributed by atoms with Crippen molar-refractivity contribution in [2.45, 2.75) is 26.2 Å². The quantitative estimate of drug-likeness (QED) is 0.345. The van der Waals surface area contributed by atoms with Crippen molar-refractivity contribution >= 4 is 17.5 Å². The van der Waals surface area contributed by atoms with Crippen molar-refractivity contribution in [3.05, 3.63) is 102 Å². The van der Waals surface area contributed by atoms with Crippen molar-refractivity contribution in [2.75, 3.05) is 29.9 Å². The standard InChI is InChI=1S/C16H16FN.C13H16N4O2/c17-15-6-8-16(9-7-15)18-11-10-14(12-18)13-4-2-1-3-5-13;1-3-19-12-9(2)11(15-13(14)18)17(16-12)10-7-5-4-6-8-10/h1-9,14H,10-12H2;4-8H,3H2,1-2H3,(H3,14,15,18). The molecule has 7 nitrogen and oxygen atoms in total. The van der Waals surface area contributed by atoms with E-state index in [1.165, 1.54) is 24.1 Å². The molecule has 1 aliphatic heterocycles. The van der Waals surface area contributed by atoms with Crippen molar-refractivity contribution < 1.29 is 13.9 Å². The van der Waals surface area contributed by atoms with Crippen LogP contribution in [-0.2, 0) is 0 Å². The maximum Gasteiger partial charge on any atom is 0.317 e. The fourth-order valence-corrected chi connectivity index (χ4v) is 4.41. The van der Waals surface area contributed by atoms with E-state index in [1.54, 1.807) is 4.68 Å². The zero-order chi connectivity index (χ0) is 26.2. The number of carbonyl (C=O) groups is 1. The van der Waals surface area contributed by atoms with Crippen LogP contribution in [0.15, 0.2) is 84.9 Å². The molecule has 0 saturated carbocycles. The van der Waals surface area contributed by atoms with E-state index in [-0.39, 0.29) is 5.82 Å². The van der Waals surface area contributed by atoms with Crippen molar-refractivity contribution in [2.24, 2.45) is 5.73 Å². The fraction of sp³-hybridized carbons (Fsp3) is 0.241. The van der Waals surface area contributed by atoms with Gasteiger partial charge in [0.05, 0.1) is 17.9 Å². The molecule has 192 valence electrons. The Kier molecular flexibility index (Phi) is 8.40. The highest BCUT2D eigenvalue weighted by Crippen LogP contribution is 2.31. The van der Waals surface area contributed by atoms with Crippen molar-refractivity contribution in [3.63, 3.8) is 0 Å². The number of para-hydroxylation sites is 1. The Morgan fingerprint density at radius 1 is 1.03 bits per heavy atom. The van der Waals surface area contributed by atoms with E-state index in [9.17, 15) is 9.18 Å². The minimum absolute atomic E-state index is 0.169. The normalized spacial score (nSPS) is 14.6. The van der Waals surface area contributed by atoms with Crippen LogP contribution in [0, 0.1) is 12.7 Å². The lowest BCUT2D eigenvalue weighted by molar-refractivity contribution is 0.259. The topological polar surface area (TPSA) is 85.4 Å². The molecule has 0 aliphatic carbocycles. The molecule has 1 aromatic heterocycles. The second-order valence-electron chi connectivity index (χ2n) is 8.77. The average molecular weight is 502 g/mol. The van der Waals surface area contributed by atoms with Crippen LogP contribution in [0.1, 0.15) is 30.4 Å². The third-order valence-corrected chi connectivity index (χ3v) is 6.25. The SMILES string of the molecule is CCOc1nn(-c2ccccc2)c(NC(N)=O)c1C.Fc1ccc(N2CCC(c3ccccc3)C2)cc1. The summed E-state index contributed by atoms with van der Waals surface area (Å²) in [5.74, 6) is 1.42. The molecule has 0 radical (unpaired) electrons. The molecule has 1 saturated heterocycles. The molecular weight excluding hydrogens is 469 g/mol. The molecule has 1 unspecified atom stereocenters. The molecular formula is C29H32FN5O2. The predicted octanol–water partition coefficient (Wildman–Crippen LogP) is 5.89. The molecule has 3 aromatic carbocycles. The van der Waals surface area contributed by atoms with E-state index < -0.39 is 6.03 Å². The minimum Gasteiger partial charge on any atom is -0.477 e. The number of rotatable bonds is 6. The number of carbonyl (C=O) groups excluding carboxylic acids is 1. The maximum atomic E-state index is 12.9. The number of benzene rings is 3. The third kappa shape index (κ3) is 6.46. The number of hydrogen-bond donors (Lipinski definition) is 2. The van der Waals surface area contributed by atoms with E-state index in [4.69, 9.17) is 10.5 Å². The Morgan fingerprint density at radius 3 is 2.30 bits per heavy atom. The van der Waals surface area contributed by atoms with Crippen LogP contribution in [0.3, 0.4) is 0 Å². The molecule has 1 aliphatic rings. The number of nitrogens with one attached hydrogen (secondary N) is 1. The van der Waals surface area contributed by atoms with Crippen LogP contribution in [0.2, 0.25) is 0 Å². The molecule has 1 atom stereocenters. The first kappa shape index (κ1) is 25.8. The highest BCUT2D eigenvalue weighted by Gasteiger charge is 2.23. The van der Waals surface area contributed by atoms with Crippen LogP contribution in [0.5, 0.6) is 5.88 Å². The van der Waals surface area contributed by atoms with Crippen molar-refractivity contribution in [3.8, 4) is 11.6 Å². The molecule has 0 spiro atoms. The summed E-state index contributed by atoms with van der Waals surface area (Å²) in [6, 6.07) is 26.2. The molecule has 2 heterocycles. The molecule has 8 heteroatoms. The molecule has 4 aromatic rings. The number of nitrogens with zero attached hydrogens (tertiary/aromatic N) is 3. The summed E-state index contributed by atoms with van der Waals surface area (Å²) in [4.78, 5) is 13.4. The lowest BCUT2D eigenvalue weighted by Gasteiger charge is -2.18. The van der Waals surface area contributed by atoms with Gasteiger partial charge in [-0.05, 0) is 62.2 Å². The van der Waals surface area contributed by atoms with Gasteiger partial charge in [-0.25, -0.2) is 13.9 Å². The Morgan fingerprint density at radius 2 is 1.68 bits per heavy atom. The molecule has 3 N–H and O–H groups in total. The van der Waals surface area contributed by atoms with Gasteiger partial charge in [0.15, 0.2) is 0 Å². The summed E-state index contributed by atoms with van der Waals surface area (Å²) < 4.78 is 19.9. The molecule has 0 bridgehead atoms. The van der Waals surface area contributed by atoms with E-state index in [2.05, 4.69) is 45.6 Å². The highest BCUT2D eigenvalue weighted by molar-refractivity contribution is 5.88. The summed E-state index contributed by atoms with van der Waals surface area (Å²) in [7, 11) is 0. The highest BCUT2D eigenvalue weighted by atomic mass is 19.1. The number of halogens is 1. The predicted molar refractivity (Wildman–Crippen MR) is 145 cm³/mol. The summed E-state index contributed by atoms with van der Waals surface area (Å²) in [5, 5.41) is 6.93. The first-order valence-electron chi connectivity index (χ1n) is 12.4. The number of aromatic nitrogens is 2. The van der Waals surface area contributed by atoms with E-state index >= 15 is 0 Å². The number of anilines is 2. The van der Waals surface area contributed by atoms with Crippen LogP contribution < -0.4 is 20.7 Å². The number of urea groups is 1. The second-order valence-corrected chi connectivity index (χ2v) is 8.77. The van der Waals surface area contributed by atoms with Gasteiger partial charge in [0.1, 0.15) is 11.6 Å². The Bertz CT molecular complexity index is 1290. The van der Waals surface area contributed by atoms with Crippen molar-refractivity contribution in [1.82, 2.24) is 9.78 Å². The van der Waals surface area contributed by atoms with Gasteiger partial charge in [-0.15, -0.1) is 5.10 Å². The fourth-order valence-electron chi connectivity index (χ4n) is 4.41. The average Bonchev–Trinajstić information content (AvgIpc) is 3.52. The van der Waals surface area contributed by atoms with Gasteiger partial charge in [-0.2, -0.15) is 0 Å². The zero-order valence-electron chi connectivity index (χ0n) is 21.1. The number of nitrogens with two attached hydrogens (primary N) is 1. The molecule has 5 rings (SSSR count). The number of hydrogen-bond acceptors (Lipinski definition) is 4. The molecule has 1 fully saturated rings. The zero-order valence-corrected chi connectivity index (χ0v) is 21.1. The van der Waals surface area contributed by atoms with Gasteiger partial charge in [0, 0.05) is 24.7 Å². The largest absolute Gasteiger partial charge is 0.477 e. The Balaban J connectivity index is 0.000000173. The van der Waals surface area contributed by atoms with Gasteiger partial charge >= 0.3 is 6.03 Å². The van der Waals surface area contributed by atoms with Crippen LogP contribution in [0.4, 0.5) is 20.7 Å². The van der Waals surface area contributed by atoms with Crippen LogP contribution in [-0.4, -0.2) is 35.5 Å². The number of primary amides is 1. The first-order valence-corrected chi connectivity index (χ1v) is 12.4. The van der Waals surface area contributed by atoms with E-state index in [1.807, 2.05) is 56.3 Å². The summed E-state index contributed by atoms with van der Waals surface area (Å²) >= 11 is 0. The third-order valence-electron chi connectivity index (χ3n) is 6.25. The second kappa shape index (κ2) is 12.1. The van der Waals surface area contributed by atoms with Crippen molar-refractivity contribution in [1.29, 1.82) is 0 Å². The molecule has 2 amide bonds. The van der Waals surface area contributed by atoms with Gasteiger partial charge in [-0.3, -0.25) is 5.32 Å². The summed E-state index contributed by atoms with van der Waals surface area (Å²) in [6.45, 7) is 6.27. The van der Waals surface area contributed by atoms with Gasteiger partial charge in [0.25, 0.3) is 0 Å². The van der Waals surface area contributed by atoms with Gasteiger partial charge in [0.2, 0.25) is 5.88 Å². The van der Waals surface area contributed by atoms with E-state index in [0.717, 1.165) is 30.0 Å². The first-order chi connectivity index (χ1) is 18.0. The number of amides is 2. The summed E-state index contributed by atoms with van der Waals surface area (Å²) in [6.07, 6.45) is 1.17. The molecule has 37 heavy (non-hydrogen) atoms. The smallest absolute Gasteiger partial charge is 0.317 e. The van der Waals surface area contributed by atoms with Gasteiger partial charge < -0.3 is 15.4 Å². The van der Waals surface area contributed by atoms with E-state index in [0.29, 0.717) is 24.2 Å². The maximum absolute atomic E-state index is 12.9. The lowest BCUT2D eigenvalue weighted by Crippen LogP contribution is -2.21. The summed E-state index contributed by atoms with van der Waals surface area (Å²) in [5.41, 5.74) is 9.28. The lowest BCUT2D eigenvalue weighted by atomic mass is 9.99. The minimum atomic E-state index is -0.636.